The van der Waals surface area contributed by atoms with Gasteiger partial charge in [0.2, 0.25) is 0 Å². The molecule has 0 amide bonds. The van der Waals surface area contributed by atoms with E-state index < -0.39 is 4.84 Å². The maximum atomic E-state index is 11.1. The van der Waals surface area contributed by atoms with Crippen LogP contribution in [0.4, 0.5) is 0 Å². The standard InChI is InChI=1S/C10H10Cl2O/c11-10(12)9(13)7-6-8-4-2-1-3-5-8/h1-5,10H,6-7H2. The highest BCUT2D eigenvalue weighted by Gasteiger charge is 2.10. The molecule has 1 aromatic carbocycles. The van der Waals surface area contributed by atoms with Crippen LogP contribution in [0.1, 0.15) is 12.0 Å². The number of ketones is 1. The zero-order chi connectivity index (χ0) is 9.68. The zero-order valence-electron chi connectivity index (χ0n) is 7.04. The van der Waals surface area contributed by atoms with Crippen molar-refractivity contribution >= 4 is 29.0 Å². The molecule has 1 nitrogen and oxygen atoms in total. The normalized spacial score (nSPS) is 10.4. The van der Waals surface area contributed by atoms with E-state index in [0.29, 0.717) is 12.8 Å². The Kier molecular flexibility index (Phi) is 4.26. The van der Waals surface area contributed by atoms with E-state index in [9.17, 15) is 4.79 Å². The van der Waals surface area contributed by atoms with Crippen molar-refractivity contribution in [3.63, 3.8) is 0 Å². The van der Waals surface area contributed by atoms with Crippen molar-refractivity contribution in [2.45, 2.75) is 17.7 Å². The molecule has 0 heterocycles. The molecule has 0 spiro atoms. The van der Waals surface area contributed by atoms with E-state index in [-0.39, 0.29) is 5.78 Å². The lowest BCUT2D eigenvalue weighted by Crippen LogP contribution is -2.08. The van der Waals surface area contributed by atoms with E-state index in [4.69, 9.17) is 23.2 Å². The Morgan fingerprint density at radius 1 is 1.23 bits per heavy atom. The van der Waals surface area contributed by atoms with Crippen LogP contribution in [0.15, 0.2) is 30.3 Å². The third kappa shape index (κ3) is 3.79. The Morgan fingerprint density at radius 2 is 1.85 bits per heavy atom. The number of hydrogen-bond acceptors (Lipinski definition) is 1. The summed E-state index contributed by atoms with van der Waals surface area (Å²) < 4.78 is 0. The van der Waals surface area contributed by atoms with Crippen LogP contribution in [0.3, 0.4) is 0 Å². The molecule has 0 N–H and O–H groups in total. The molecule has 0 atom stereocenters. The Bertz CT molecular complexity index is 270. The van der Waals surface area contributed by atoms with Crippen LogP contribution in [0.5, 0.6) is 0 Å². The van der Waals surface area contributed by atoms with Crippen molar-refractivity contribution in [3.05, 3.63) is 35.9 Å². The number of carbonyl (C=O) groups excluding carboxylic acids is 1. The number of carbonyl (C=O) groups is 1. The second kappa shape index (κ2) is 5.25. The molecule has 1 aromatic rings. The molecule has 0 aliphatic rings. The molecule has 70 valence electrons. The van der Waals surface area contributed by atoms with Crippen LogP contribution in [0.25, 0.3) is 0 Å². The molecule has 0 saturated heterocycles. The van der Waals surface area contributed by atoms with Gasteiger partial charge in [0.25, 0.3) is 0 Å². The minimum Gasteiger partial charge on any atom is -0.297 e. The summed E-state index contributed by atoms with van der Waals surface area (Å²) in [7, 11) is 0. The molecule has 0 unspecified atom stereocenters. The van der Waals surface area contributed by atoms with Crippen LogP contribution in [0.2, 0.25) is 0 Å². The molecule has 1 rings (SSSR count). The molecule has 0 aliphatic carbocycles. The fourth-order valence-electron chi connectivity index (χ4n) is 1.02. The molecule has 13 heavy (non-hydrogen) atoms. The third-order valence-electron chi connectivity index (χ3n) is 1.75. The van der Waals surface area contributed by atoms with Gasteiger partial charge in [0, 0.05) is 6.42 Å². The highest BCUT2D eigenvalue weighted by molar-refractivity contribution is 6.53. The van der Waals surface area contributed by atoms with E-state index >= 15 is 0 Å². The largest absolute Gasteiger partial charge is 0.297 e. The first kappa shape index (κ1) is 10.6. The van der Waals surface area contributed by atoms with E-state index in [1.165, 1.54) is 0 Å². The molecular weight excluding hydrogens is 207 g/mol. The molecule has 0 aromatic heterocycles. The summed E-state index contributed by atoms with van der Waals surface area (Å²) in [5.74, 6) is -0.118. The van der Waals surface area contributed by atoms with Crippen molar-refractivity contribution in [1.82, 2.24) is 0 Å². The lowest BCUT2D eigenvalue weighted by Gasteiger charge is -2.00. The van der Waals surface area contributed by atoms with Gasteiger partial charge in [-0.3, -0.25) is 4.79 Å². The number of alkyl halides is 2. The highest BCUT2D eigenvalue weighted by Crippen LogP contribution is 2.09. The quantitative estimate of drug-likeness (QED) is 0.708. The predicted octanol–water partition coefficient (Wildman–Crippen LogP) is 2.99. The van der Waals surface area contributed by atoms with Gasteiger partial charge in [-0.15, -0.1) is 0 Å². The van der Waals surface area contributed by atoms with Gasteiger partial charge in [-0.25, -0.2) is 0 Å². The first-order chi connectivity index (χ1) is 6.20. The Hall–Kier alpha value is -0.530. The van der Waals surface area contributed by atoms with Gasteiger partial charge in [0.05, 0.1) is 0 Å². The number of aryl methyl sites for hydroxylation is 1. The van der Waals surface area contributed by atoms with Crippen LogP contribution in [-0.4, -0.2) is 10.6 Å². The first-order valence-electron chi connectivity index (χ1n) is 4.05. The third-order valence-corrected chi connectivity index (χ3v) is 2.23. The number of rotatable bonds is 4. The maximum Gasteiger partial charge on any atom is 0.166 e. The van der Waals surface area contributed by atoms with Crippen molar-refractivity contribution in [2.24, 2.45) is 0 Å². The molecular formula is C10H10Cl2O. The fourth-order valence-corrected chi connectivity index (χ4v) is 1.24. The zero-order valence-corrected chi connectivity index (χ0v) is 8.55. The summed E-state index contributed by atoms with van der Waals surface area (Å²) in [6, 6.07) is 9.78. The average Bonchev–Trinajstić information content (AvgIpc) is 2.15. The summed E-state index contributed by atoms with van der Waals surface area (Å²) >= 11 is 10.8. The van der Waals surface area contributed by atoms with Crippen molar-refractivity contribution in [2.75, 3.05) is 0 Å². The van der Waals surface area contributed by atoms with Gasteiger partial charge in [-0.05, 0) is 12.0 Å². The molecule has 3 heteroatoms. The number of halogens is 2. The Balaban J connectivity index is 2.40. The minimum absolute atomic E-state index is 0.118. The van der Waals surface area contributed by atoms with Gasteiger partial charge < -0.3 is 0 Å². The maximum absolute atomic E-state index is 11.1. The van der Waals surface area contributed by atoms with Crippen LogP contribution < -0.4 is 0 Å². The van der Waals surface area contributed by atoms with Crippen molar-refractivity contribution in [3.8, 4) is 0 Å². The predicted molar refractivity (Wildman–Crippen MR) is 55.3 cm³/mol. The lowest BCUT2D eigenvalue weighted by molar-refractivity contribution is -0.117. The summed E-state index contributed by atoms with van der Waals surface area (Å²) in [5, 5.41) is 0. The molecule has 0 radical (unpaired) electrons. The Morgan fingerprint density at radius 3 is 2.38 bits per heavy atom. The first-order valence-corrected chi connectivity index (χ1v) is 4.92. The van der Waals surface area contributed by atoms with E-state index in [1.54, 1.807) is 0 Å². The summed E-state index contributed by atoms with van der Waals surface area (Å²) in [6.07, 6.45) is 1.11. The average molecular weight is 217 g/mol. The highest BCUT2D eigenvalue weighted by atomic mass is 35.5. The summed E-state index contributed by atoms with van der Waals surface area (Å²) in [5.41, 5.74) is 1.13. The van der Waals surface area contributed by atoms with Crippen LogP contribution in [-0.2, 0) is 11.2 Å². The van der Waals surface area contributed by atoms with E-state index in [2.05, 4.69) is 0 Å². The van der Waals surface area contributed by atoms with Gasteiger partial charge in [-0.2, -0.15) is 0 Å². The number of hydrogen-bond donors (Lipinski definition) is 0. The molecule has 0 aliphatic heterocycles. The second-order valence-corrected chi connectivity index (χ2v) is 3.85. The summed E-state index contributed by atoms with van der Waals surface area (Å²) in [4.78, 5) is 10.2. The van der Waals surface area contributed by atoms with Gasteiger partial charge in [0.1, 0.15) is 0 Å². The number of Topliss-reactive ketones (excluding diaryl/α,β-unsaturated/α-hetero) is 1. The van der Waals surface area contributed by atoms with Gasteiger partial charge in [-0.1, -0.05) is 53.5 Å². The van der Waals surface area contributed by atoms with Crippen molar-refractivity contribution < 1.29 is 4.79 Å². The topological polar surface area (TPSA) is 17.1 Å². The monoisotopic (exact) mass is 216 g/mol. The minimum atomic E-state index is -0.885. The molecule has 0 bridgehead atoms. The molecule has 0 fully saturated rings. The Labute approximate surface area is 87.7 Å². The molecule has 0 saturated carbocycles. The smallest absolute Gasteiger partial charge is 0.166 e. The second-order valence-electron chi connectivity index (χ2n) is 2.75. The van der Waals surface area contributed by atoms with Gasteiger partial charge in [0.15, 0.2) is 10.6 Å². The van der Waals surface area contributed by atoms with Crippen molar-refractivity contribution in [1.29, 1.82) is 0 Å². The van der Waals surface area contributed by atoms with E-state index in [0.717, 1.165) is 5.56 Å². The van der Waals surface area contributed by atoms with Gasteiger partial charge >= 0.3 is 0 Å². The van der Waals surface area contributed by atoms with Crippen LogP contribution in [0, 0.1) is 0 Å². The number of benzene rings is 1. The summed E-state index contributed by atoms with van der Waals surface area (Å²) in [6.45, 7) is 0. The van der Waals surface area contributed by atoms with E-state index in [1.807, 2.05) is 30.3 Å². The van der Waals surface area contributed by atoms with Crippen LogP contribution >= 0.6 is 23.2 Å². The lowest BCUT2D eigenvalue weighted by atomic mass is 10.1. The fraction of sp³-hybridized carbons (Fsp3) is 0.300. The SMILES string of the molecule is O=C(CCc1ccccc1)C(Cl)Cl.